The molecule has 2 rings (SSSR count). The first-order chi connectivity index (χ1) is 9.48. The maximum Gasteiger partial charge on any atom is 0.182 e. The number of ether oxygens (including phenoxy) is 1. The van der Waals surface area contributed by atoms with E-state index in [0.29, 0.717) is 18.2 Å². The highest BCUT2D eigenvalue weighted by Crippen LogP contribution is 2.30. The van der Waals surface area contributed by atoms with Crippen LogP contribution in [0.4, 0.5) is 10.8 Å². The zero-order valence-corrected chi connectivity index (χ0v) is 12.5. The van der Waals surface area contributed by atoms with Crippen LogP contribution in [0.15, 0.2) is 35.2 Å². The Morgan fingerprint density at radius 1 is 1.35 bits per heavy atom. The lowest BCUT2D eigenvalue weighted by Gasteiger charge is -2.08. The Bertz CT molecular complexity index is 669. The molecule has 1 aromatic carbocycles. The highest BCUT2D eigenvalue weighted by Gasteiger charge is 2.20. The number of hydrogen-bond donors (Lipinski definition) is 2. The van der Waals surface area contributed by atoms with Crippen LogP contribution in [-0.2, 0) is 9.84 Å². The molecule has 108 valence electrons. The van der Waals surface area contributed by atoms with Crippen LogP contribution in [0.3, 0.4) is 0 Å². The third kappa shape index (κ3) is 3.61. The molecule has 0 aliphatic carbocycles. The van der Waals surface area contributed by atoms with Gasteiger partial charge in [-0.1, -0.05) is 18.2 Å². The summed E-state index contributed by atoms with van der Waals surface area (Å²) in [6.07, 6.45) is 1.11. The van der Waals surface area contributed by atoms with Gasteiger partial charge in [0.1, 0.15) is 22.3 Å². The van der Waals surface area contributed by atoms with Gasteiger partial charge in [0.15, 0.2) is 15.7 Å². The van der Waals surface area contributed by atoms with Gasteiger partial charge in [0.2, 0.25) is 0 Å². The number of rotatable bonds is 6. The highest BCUT2D eigenvalue weighted by molar-refractivity contribution is 7.91. The van der Waals surface area contributed by atoms with Gasteiger partial charge >= 0.3 is 0 Å². The number of nitrogens with one attached hydrogen (secondary N) is 1. The standard InChI is InChI=1S/C12H15N3O3S2/c1-20(16,17)10-11(13)15-19-12(10)14-7-8-18-9-5-3-2-4-6-9/h2-6,14H,7-8H2,1H3,(H2,13,15). The van der Waals surface area contributed by atoms with Crippen LogP contribution < -0.4 is 15.8 Å². The molecule has 0 saturated carbocycles. The average molecular weight is 313 g/mol. The van der Waals surface area contributed by atoms with Crippen molar-refractivity contribution in [2.45, 2.75) is 4.90 Å². The fourth-order valence-corrected chi connectivity index (χ4v) is 3.71. The van der Waals surface area contributed by atoms with Gasteiger partial charge in [0, 0.05) is 12.8 Å². The molecule has 0 saturated heterocycles. The Kier molecular flexibility index (Phi) is 4.46. The van der Waals surface area contributed by atoms with E-state index in [9.17, 15) is 8.42 Å². The van der Waals surface area contributed by atoms with Gasteiger partial charge in [-0.2, -0.15) is 4.37 Å². The van der Waals surface area contributed by atoms with Gasteiger partial charge in [0.05, 0.1) is 0 Å². The molecule has 6 nitrogen and oxygen atoms in total. The second kappa shape index (κ2) is 6.10. The number of nitrogens with zero attached hydrogens (tertiary/aromatic N) is 1. The molecule has 0 radical (unpaired) electrons. The van der Waals surface area contributed by atoms with E-state index >= 15 is 0 Å². The topological polar surface area (TPSA) is 94.3 Å². The monoisotopic (exact) mass is 313 g/mol. The number of benzene rings is 1. The van der Waals surface area contributed by atoms with Crippen LogP contribution in [0.5, 0.6) is 5.75 Å². The molecule has 2 aromatic rings. The van der Waals surface area contributed by atoms with Crippen molar-refractivity contribution in [1.82, 2.24) is 4.37 Å². The van der Waals surface area contributed by atoms with Gasteiger partial charge in [-0.3, -0.25) is 0 Å². The number of para-hydroxylation sites is 1. The lowest BCUT2D eigenvalue weighted by molar-refractivity contribution is 0.333. The lowest BCUT2D eigenvalue weighted by atomic mass is 10.3. The molecule has 1 aromatic heterocycles. The second-order valence-electron chi connectivity index (χ2n) is 4.09. The molecule has 0 amide bonds. The number of aromatic nitrogens is 1. The fraction of sp³-hybridized carbons (Fsp3) is 0.250. The smallest absolute Gasteiger partial charge is 0.182 e. The third-order valence-corrected chi connectivity index (χ3v) is 4.55. The minimum atomic E-state index is -3.39. The summed E-state index contributed by atoms with van der Waals surface area (Å²) in [4.78, 5) is 0.0576. The quantitative estimate of drug-likeness (QED) is 0.787. The molecule has 0 spiro atoms. The van der Waals surface area contributed by atoms with Crippen molar-refractivity contribution in [3.63, 3.8) is 0 Å². The van der Waals surface area contributed by atoms with Crippen molar-refractivity contribution in [2.75, 3.05) is 30.5 Å². The van der Waals surface area contributed by atoms with Gasteiger partial charge in [-0.25, -0.2) is 8.42 Å². The largest absolute Gasteiger partial charge is 0.492 e. The molecule has 0 unspecified atom stereocenters. The Labute approximate surface area is 121 Å². The first-order valence-corrected chi connectivity index (χ1v) is 8.52. The zero-order chi connectivity index (χ0) is 14.6. The van der Waals surface area contributed by atoms with Crippen LogP contribution in [0.1, 0.15) is 0 Å². The van der Waals surface area contributed by atoms with E-state index in [0.717, 1.165) is 23.5 Å². The maximum absolute atomic E-state index is 11.6. The van der Waals surface area contributed by atoms with E-state index in [1.165, 1.54) is 0 Å². The summed E-state index contributed by atoms with van der Waals surface area (Å²) in [5, 5.41) is 3.43. The van der Waals surface area contributed by atoms with Crippen molar-refractivity contribution >= 4 is 32.2 Å². The summed E-state index contributed by atoms with van der Waals surface area (Å²) in [6.45, 7) is 0.865. The van der Waals surface area contributed by atoms with E-state index in [2.05, 4.69) is 9.69 Å². The summed E-state index contributed by atoms with van der Waals surface area (Å²) in [5.74, 6) is 0.797. The Morgan fingerprint density at radius 3 is 2.70 bits per heavy atom. The zero-order valence-electron chi connectivity index (χ0n) is 10.9. The second-order valence-corrected chi connectivity index (χ2v) is 6.81. The molecule has 1 heterocycles. The average Bonchev–Trinajstić information content (AvgIpc) is 2.77. The van der Waals surface area contributed by atoms with Crippen LogP contribution in [0.25, 0.3) is 0 Å². The Hall–Kier alpha value is -1.80. The van der Waals surface area contributed by atoms with Crippen LogP contribution in [-0.4, -0.2) is 32.2 Å². The van der Waals surface area contributed by atoms with Gasteiger partial charge in [-0.05, 0) is 23.7 Å². The molecule has 0 aliphatic heterocycles. The lowest BCUT2D eigenvalue weighted by Crippen LogP contribution is -2.12. The Morgan fingerprint density at radius 2 is 2.05 bits per heavy atom. The van der Waals surface area contributed by atoms with Crippen molar-refractivity contribution in [2.24, 2.45) is 0 Å². The predicted octanol–water partition coefficient (Wildman–Crippen LogP) is 1.62. The van der Waals surface area contributed by atoms with Crippen LogP contribution in [0, 0.1) is 0 Å². The van der Waals surface area contributed by atoms with Crippen molar-refractivity contribution < 1.29 is 13.2 Å². The molecule has 20 heavy (non-hydrogen) atoms. The SMILES string of the molecule is CS(=O)(=O)c1c(N)nsc1NCCOc1ccccc1. The summed E-state index contributed by atoms with van der Waals surface area (Å²) in [6, 6.07) is 9.38. The van der Waals surface area contributed by atoms with Gasteiger partial charge in [0.25, 0.3) is 0 Å². The number of nitrogen functional groups attached to an aromatic ring is 1. The van der Waals surface area contributed by atoms with E-state index in [1.807, 2.05) is 30.3 Å². The van der Waals surface area contributed by atoms with E-state index in [-0.39, 0.29) is 10.7 Å². The van der Waals surface area contributed by atoms with Crippen molar-refractivity contribution in [1.29, 1.82) is 0 Å². The van der Waals surface area contributed by atoms with Crippen LogP contribution in [0.2, 0.25) is 0 Å². The van der Waals surface area contributed by atoms with E-state index in [1.54, 1.807) is 0 Å². The van der Waals surface area contributed by atoms with Crippen LogP contribution >= 0.6 is 11.5 Å². The molecule has 0 bridgehead atoms. The van der Waals surface area contributed by atoms with E-state index in [4.69, 9.17) is 10.5 Å². The first kappa shape index (κ1) is 14.6. The minimum Gasteiger partial charge on any atom is -0.492 e. The normalized spacial score (nSPS) is 11.2. The number of anilines is 2. The number of nitrogens with two attached hydrogens (primary N) is 1. The molecule has 0 aliphatic rings. The van der Waals surface area contributed by atoms with Crippen molar-refractivity contribution in [3.8, 4) is 5.75 Å². The highest BCUT2D eigenvalue weighted by atomic mass is 32.2. The van der Waals surface area contributed by atoms with Crippen molar-refractivity contribution in [3.05, 3.63) is 30.3 Å². The summed E-state index contributed by atoms with van der Waals surface area (Å²) in [7, 11) is -3.39. The minimum absolute atomic E-state index is 0.0315. The first-order valence-electron chi connectivity index (χ1n) is 5.85. The summed E-state index contributed by atoms with van der Waals surface area (Å²) in [5.41, 5.74) is 5.57. The predicted molar refractivity (Wildman–Crippen MR) is 80.1 cm³/mol. The molecule has 3 N–H and O–H groups in total. The maximum atomic E-state index is 11.6. The van der Waals surface area contributed by atoms with Gasteiger partial charge in [-0.15, -0.1) is 0 Å². The molecule has 8 heteroatoms. The molecule has 0 fully saturated rings. The number of sulfone groups is 1. The Balaban J connectivity index is 1.92. The van der Waals surface area contributed by atoms with Gasteiger partial charge < -0.3 is 15.8 Å². The molecular formula is C12H15N3O3S2. The molecular weight excluding hydrogens is 298 g/mol. The van der Waals surface area contributed by atoms with E-state index < -0.39 is 9.84 Å². The summed E-state index contributed by atoms with van der Waals surface area (Å²) >= 11 is 1.03. The summed E-state index contributed by atoms with van der Waals surface area (Å²) < 4.78 is 32.6. The third-order valence-electron chi connectivity index (χ3n) is 2.44. The number of hydrogen-bond acceptors (Lipinski definition) is 7. The fourth-order valence-electron chi connectivity index (χ4n) is 1.62. The molecule has 0 atom stereocenters.